The van der Waals surface area contributed by atoms with E-state index in [2.05, 4.69) is 76.3 Å². The number of aromatic nitrogens is 4. The normalized spacial score (nSPS) is 19.1. The Bertz CT molecular complexity index is 1870. The number of benzene rings is 1. The van der Waals surface area contributed by atoms with Gasteiger partial charge in [0.2, 0.25) is 0 Å². The minimum atomic E-state index is -1.30. The summed E-state index contributed by atoms with van der Waals surface area (Å²) < 4.78 is 26.8. The predicted molar refractivity (Wildman–Crippen MR) is 229 cm³/mol. The predicted octanol–water partition coefficient (Wildman–Crippen LogP) is 7.03. The SMILES string of the molecule is Bc1c(C2CC3COCC(C2)N3C(=O)OC(C)(C)C)nc2c(-c3ccc(-c4ccccc4)nc3)cnn2c1N(COCC[Si](C)(C)C)COCC[Si](C)(C)C. The van der Waals surface area contributed by atoms with Gasteiger partial charge in [-0.25, -0.2) is 9.78 Å². The summed E-state index contributed by atoms with van der Waals surface area (Å²) in [6, 6.07) is 16.3. The zero-order valence-electron chi connectivity index (χ0n) is 34.7. The van der Waals surface area contributed by atoms with Crippen LogP contribution in [-0.2, 0) is 18.9 Å². The van der Waals surface area contributed by atoms with Crippen LogP contribution in [-0.4, -0.2) is 112 Å². The molecule has 296 valence electrons. The molecule has 1 aromatic carbocycles. The lowest BCUT2D eigenvalue weighted by molar-refractivity contribution is -0.0826. The van der Waals surface area contributed by atoms with Crippen LogP contribution in [0.2, 0.25) is 51.4 Å². The van der Waals surface area contributed by atoms with Crippen molar-refractivity contribution in [3.63, 3.8) is 0 Å². The Balaban J connectivity index is 1.41. The molecule has 2 aliphatic rings. The van der Waals surface area contributed by atoms with E-state index in [0.717, 1.165) is 69.9 Å². The van der Waals surface area contributed by atoms with E-state index in [-0.39, 0.29) is 24.1 Å². The summed E-state index contributed by atoms with van der Waals surface area (Å²) >= 11 is 0. The number of piperidine rings is 1. The second-order valence-corrected chi connectivity index (χ2v) is 29.9. The number of fused-ring (bicyclic) bond motifs is 3. The maximum absolute atomic E-state index is 13.5. The molecule has 2 fully saturated rings. The fraction of sp³-hybridized carbons (Fsp3) is 0.561. The van der Waals surface area contributed by atoms with Gasteiger partial charge in [-0.05, 0) is 57.2 Å². The zero-order valence-corrected chi connectivity index (χ0v) is 36.7. The smallest absolute Gasteiger partial charge is 0.410 e. The first-order valence-corrected chi connectivity index (χ1v) is 27.3. The summed E-state index contributed by atoms with van der Waals surface area (Å²) in [5.41, 5.74) is 6.05. The van der Waals surface area contributed by atoms with Crippen molar-refractivity contribution in [2.24, 2.45) is 0 Å². The molecule has 1 amide bonds. The van der Waals surface area contributed by atoms with Crippen LogP contribution in [0.3, 0.4) is 0 Å². The number of morpholine rings is 1. The van der Waals surface area contributed by atoms with Crippen LogP contribution in [0.1, 0.15) is 45.2 Å². The average molecular weight is 785 g/mol. The van der Waals surface area contributed by atoms with Gasteiger partial charge in [0.1, 0.15) is 32.7 Å². The molecule has 0 spiro atoms. The van der Waals surface area contributed by atoms with E-state index in [1.54, 1.807) is 0 Å². The van der Waals surface area contributed by atoms with Crippen molar-refractivity contribution in [3.8, 4) is 22.4 Å². The van der Waals surface area contributed by atoms with Gasteiger partial charge in [0.05, 0.1) is 37.2 Å². The first-order chi connectivity index (χ1) is 26.0. The Morgan fingerprint density at radius 1 is 0.891 bits per heavy atom. The highest BCUT2D eigenvalue weighted by atomic mass is 28.3. The highest BCUT2D eigenvalue weighted by Gasteiger charge is 2.45. The lowest BCUT2D eigenvalue weighted by atomic mass is 9.78. The third kappa shape index (κ3) is 10.4. The number of rotatable bonds is 14. The molecule has 55 heavy (non-hydrogen) atoms. The number of amides is 1. The van der Waals surface area contributed by atoms with E-state index in [4.69, 9.17) is 34.0 Å². The van der Waals surface area contributed by atoms with Gasteiger partial charge in [-0.2, -0.15) is 9.61 Å². The van der Waals surface area contributed by atoms with Gasteiger partial charge in [-0.15, -0.1) is 0 Å². The van der Waals surface area contributed by atoms with Crippen molar-refractivity contribution in [2.45, 2.75) is 109 Å². The van der Waals surface area contributed by atoms with Crippen molar-refractivity contribution in [3.05, 3.63) is 60.6 Å². The minimum Gasteiger partial charge on any atom is -0.444 e. The van der Waals surface area contributed by atoms with Crippen molar-refractivity contribution in [1.82, 2.24) is 24.5 Å². The second-order valence-electron chi connectivity index (χ2n) is 18.7. The van der Waals surface area contributed by atoms with Gasteiger partial charge in [0.15, 0.2) is 5.65 Å². The van der Waals surface area contributed by atoms with Crippen molar-refractivity contribution in [1.29, 1.82) is 0 Å². The Kier molecular flexibility index (Phi) is 12.6. The molecule has 2 unspecified atom stereocenters. The largest absolute Gasteiger partial charge is 0.444 e. The lowest BCUT2D eigenvalue weighted by Gasteiger charge is -2.48. The highest BCUT2D eigenvalue weighted by Crippen LogP contribution is 2.39. The van der Waals surface area contributed by atoms with Crippen LogP contribution in [0.5, 0.6) is 0 Å². The highest BCUT2D eigenvalue weighted by molar-refractivity contribution is 6.76. The van der Waals surface area contributed by atoms with Crippen LogP contribution in [0, 0.1) is 0 Å². The van der Waals surface area contributed by atoms with Gasteiger partial charge >= 0.3 is 6.09 Å². The molecule has 2 bridgehead atoms. The monoisotopic (exact) mass is 784 g/mol. The van der Waals surface area contributed by atoms with E-state index in [9.17, 15) is 4.79 Å². The van der Waals surface area contributed by atoms with Crippen molar-refractivity contribution >= 4 is 47.0 Å². The number of hydrogen-bond acceptors (Lipinski definition) is 9. The molecular weight excluding hydrogens is 723 g/mol. The summed E-state index contributed by atoms with van der Waals surface area (Å²) in [6.07, 6.45) is 4.98. The summed E-state index contributed by atoms with van der Waals surface area (Å²) in [6.45, 7) is 23.0. The average Bonchev–Trinajstić information content (AvgIpc) is 3.52. The molecule has 0 aliphatic carbocycles. The molecule has 2 saturated heterocycles. The van der Waals surface area contributed by atoms with E-state index in [0.29, 0.717) is 39.9 Å². The first kappa shape index (κ1) is 41.1. The molecule has 2 aliphatic heterocycles. The maximum Gasteiger partial charge on any atom is 0.410 e. The van der Waals surface area contributed by atoms with Gasteiger partial charge in [0.25, 0.3) is 0 Å². The molecule has 0 radical (unpaired) electrons. The molecule has 0 N–H and O–H groups in total. The van der Waals surface area contributed by atoms with E-state index in [1.165, 1.54) is 0 Å². The molecule has 11 nitrogen and oxygen atoms in total. The minimum absolute atomic E-state index is 0.0881. The number of nitrogens with zero attached hydrogens (tertiary/aromatic N) is 6. The summed E-state index contributed by atoms with van der Waals surface area (Å²) in [5.74, 6) is 1.00. The fourth-order valence-corrected chi connectivity index (χ4v) is 8.91. The standard InChI is InChI=1S/C41H61BN6O5Si2/c1-41(2,3)53-40(49)47-32-21-31(22-33(47)26-52-25-32)37-36(42)39(46(27-50-17-19-54(4,5)6)28-51-18-20-55(7,8)9)48-38(45-37)34(24-44-48)30-15-16-35(43-23-30)29-13-11-10-12-14-29/h10-16,23-24,31-33H,17-22,25-28,42H2,1-9H3. The summed E-state index contributed by atoms with van der Waals surface area (Å²) in [7, 11) is -0.441. The molecule has 4 aromatic rings. The van der Waals surface area contributed by atoms with Crippen LogP contribution in [0.4, 0.5) is 10.6 Å². The van der Waals surface area contributed by atoms with Gasteiger partial charge in [-0.3, -0.25) is 9.88 Å². The summed E-state index contributed by atoms with van der Waals surface area (Å²) in [4.78, 5) is 27.9. The molecule has 2 atom stereocenters. The number of carbonyl (C=O) groups is 1. The van der Waals surface area contributed by atoms with E-state index in [1.807, 2.05) is 60.8 Å². The fourth-order valence-electron chi connectivity index (χ4n) is 7.40. The van der Waals surface area contributed by atoms with Gasteiger partial charge in [-0.1, -0.05) is 75.7 Å². The topological polar surface area (TPSA) is 104 Å². The molecular formula is C41H61BN6O5Si2. The van der Waals surface area contributed by atoms with Gasteiger partial charge < -0.3 is 23.8 Å². The number of ether oxygens (including phenoxy) is 4. The molecule has 6 rings (SSSR count). The maximum atomic E-state index is 13.5. The Morgan fingerprint density at radius 3 is 2.05 bits per heavy atom. The third-order valence-electron chi connectivity index (χ3n) is 10.3. The molecule has 5 heterocycles. The second kappa shape index (κ2) is 16.9. The van der Waals surface area contributed by atoms with Crippen LogP contribution in [0.15, 0.2) is 54.9 Å². The Morgan fingerprint density at radius 2 is 1.51 bits per heavy atom. The number of hydrogen-bond donors (Lipinski definition) is 0. The summed E-state index contributed by atoms with van der Waals surface area (Å²) in [5, 5.41) is 5.00. The molecule has 14 heteroatoms. The number of pyridine rings is 1. The molecule has 3 aromatic heterocycles. The quantitative estimate of drug-likeness (QED) is 0.0758. The third-order valence-corrected chi connectivity index (χ3v) is 13.7. The van der Waals surface area contributed by atoms with E-state index >= 15 is 0 Å². The first-order valence-electron chi connectivity index (χ1n) is 19.9. The van der Waals surface area contributed by atoms with E-state index < -0.39 is 21.7 Å². The van der Waals surface area contributed by atoms with Crippen molar-refractivity contribution in [2.75, 3.05) is 44.8 Å². The molecule has 0 saturated carbocycles. The van der Waals surface area contributed by atoms with Crippen LogP contribution < -0.4 is 10.4 Å². The lowest BCUT2D eigenvalue weighted by Crippen LogP contribution is -2.59. The number of carbonyl (C=O) groups excluding carboxylic acids is 1. The Hall–Kier alpha value is -3.56. The zero-order chi connectivity index (χ0) is 39.5. The van der Waals surface area contributed by atoms with Crippen LogP contribution >= 0.6 is 0 Å². The van der Waals surface area contributed by atoms with Gasteiger partial charge in [0, 0.05) is 63.9 Å². The Labute approximate surface area is 330 Å². The number of anilines is 1. The van der Waals surface area contributed by atoms with Crippen LogP contribution in [0.25, 0.3) is 28.0 Å². The van der Waals surface area contributed by atoms with Crippen molar-refractivity contribution < 1.29 is 23.7 Å².